The number of hydrogen-bond acceptors (Lipinski definition) is 6. The maximum atomic E-state index is 12.6. The lowest BCUT2D eigenvalue weighted by molar-refractivity contribution is 0.0971. The average molecular weight is 312 g/mol. The summed E-state index contributed by atoms with van der Waals surface area (Å²) in [4.78, 5) is 36.9. The fourth-order valence-electron chi connectivity index (χ4n) is 2.89. The summed E-state index contributed by atoms with van der Waals surface area (Å²) in [5, 5.41) is 29.6. The highest BCUT2D eigenvalue weighted by Gasteiger charge is 2.36. The minimum absolute atomic E-state index is 0.0152. The van der Waals surface area contributed by atoms with Crippen molar-refractivity contribution in [1.29, 1.82) is 0 Å². The zero-order chi connectivity index (χ0) is 16.9. The Bertz CT molecular complexity index is 894. The van der Waals surface area contributed by atoms with E-state index >= 15 is 0 Å². The molecule has 0 bridgehead atoms. The van der Waals surface area contributed by atoms with Crippen LogP contribution in [0.2, 0.25) is 0 Å². The van der Waals surface area contributed by atoms with Crippen molar-refractivity contribution in [3.05, 3.63) is 57.6 Å². The lowest BCUT2D eigenvalue weighted by atomic mass is 9.80. The predicted molar refractivity (Wildman–Crippen MR) is 79.0 cm³/mol. The van der Waals surface area contributed by atoms with Gasteiger partial charge in [-0.05, 0) is 24.6 Å². The van der Waals surface area contributed by atoms with Crippen molar-refractivity contribution in [2.75, 3.05) is 0 Å². The SMILES string of the molecule is CC(=O)c1c(CO)cc2c(c1O)C(=O)c1c(O)cccc1C2=O. The van der Waals surface area contributed by atoms with Crippen LogP contribution in [0.1, 0.15) is 54.7 Å². The molecular weight excluding hydrogens is 300 g/mol. The molecule has 0 unspecified atom stereocenters. The molecule has 2 aromatic carbocycles. The van der Waals surface area contributed by atoms with Gasteiger partial charge < -0.3 is 15.3 Å². The number of fused-ring (bicyclic) bond motifs is 2. The van der Waals surface area contributed by atoms with Gasteiger partial charge in [0.2, 0.25) is 5.78 Å². The molecule has 3 rings (SSSR count). The monoisotopic (exact) mass is 312 g/mol. The van der Waals surface area contributed by atoms with Crippen molar-refractivity contribution >= 4 is 17.3 Å². The first-order valence-electron chi connectivity index (χ1n) is 6.80. The summed E-state index contributed by atoms with van der Waals surface area (Å²) in [6.45, 7) is 0.616. The van der Waals surface area contributed by atoms with E-state index in [4.69, 9.17) is 0 Å². The van der Waals surface area contributed by atoms with Gasteiger partial charge in [0.15, 0.2) is 11.6 Å². The molecule has 1 aliphatic carbocycles. The summed E-state index contributed by atoms with van der Waals surface area (Å²) >= 11 is 0. The molecule has 0 amide bonds. The zero-order valence-electron chi connectivity index (χ0n) is 12.1. The number of aliphatic hydroxyl groups excluding tert-OH is 1. The van der Waals surface area contributed by atoms with Crippen LogP contribution in [-0.2, 0) is 6.61 Å². The zero-order valence-corrected chi connectivity index (χ0v) is 12.1. The van der Waals surface area contributed by atoms with Crippen molar-refractivity contribution in [2.24, 2.45) is 0 Å². The number of carbonyl (C=O) groups is 3. The summed E-state index contributed by atoms with van der Waals surface area (Å²) < 4.78 is 0. The molecule has 0 fully saturated rings. The predicted octanol–water partition coefficient (Wildman–Crippen LogP) is 1.57. The van der Waals surface area contributed by atoms with E-state index in [9.17, 15) is 29.7 Å². The number of ketones is 3. The molecule has 116 valence electrons. The number of hydrogen-bond donors (Lipinski definition) is 3. The number of aromatic hydroxyl groups is 2. The third kappa shape index (κ3) is 1.96. The summed E-state index contributed by atoms with van der Waals surface area (Å²) in [6.07, 6.45) is 0. The summed E-state index contributed by atoms with van der Waals surface area (Å²) in [6, 6.07) is 5.33. The highest BCUT2D eigenvalue weighted by molar-refractivity contribution is 6.31. The van der Waals surface area contributed by atoms with Gasteiger partial charge in [-0.15, -0.1) is 0 Å². The third-order valence-electron chi connectivity index (χ3n) is 3.89. The molecule has 0 aliphatic heterocycles. The van der Waals surface area contributed by atoms with Gasteiger partial charge in [-0.25, -0.2) is 0 Å². The standard InChI is InChI=1S/C17H12O6/c1-7(19)12-8(6-18)5-10-14(16(12)22)17(23)13-9(15(10)21)3-2-4-11(13)20/h2-5,18,20,22H,6H2,1H3. The Morgan fingerprint density at radius 2 is 1.74 bits per heavy atom. The van der Waals surface area contributed by atoms with E-state index in [2.05, 4.69) is 0 Å². The quantitative estimate of drug-likeness (QED) is 0.619. The molecule has 6 nitrogen and oxygen atoms in total. The Labute approximate surface area is 130 Å². The molecule has 0 spiro atoms. The van der Waals surface area contributed by atoms with Crippen LogP contribution in [0.25, 0.3) is 0 Å². The summed E-state index contributed by atoms with van der Waals surface area (Å²) in [7, 11) is 0. The molecule has 6 heteroatoms. The molecule has 0 saturated heterocycles. The second-order valence-corrected chi connectivity index (χ2v) is 5.25. The Morgan fingerprint density at radius 3 is 2.35 bits per heavy atom. The number of phenols is 2. The Hall–Kier alpha value is -2.99. The molecular formula is C17H12O6. The van der Waals surface area contributed by atoms with E-state index in [-0.39, 0.29) is 39.1 Å². The number of rotatable bonds is 2. The first-order valence-corrected chi connectivity index (χ1v) is 6.80. The van der Waals surface area contributed by atoms with Crippen LogP contribution in [0.5, 0.6) is 11.5 Å². The van der Waals surface area contributed by atoms with Gasteiger partial charge in [0, 0.05) is 11.1 Å². The molecule has 0 saturated carbocycles. The van der Waals surface area contributed by atoms with Gasteiger partial charge in [0.1, 0.15) is 11.5 Å². The number of phenolic OH excluding ortho intramolecular Hbond substituents is 2. The number of benzene rings is 2. The number of Topliss-reactive ketones (excluding diaryl/α,β-unsaturated/α-hetero) is 1. The van der Waals surface area contributed by atoms with E-state index < -0.39 is 29.7 Å². The van der Waals surface area contributed by atoms with E-state index in [0.29, 0.717) is 0 Å². The molecule has 23 heavy (non-hydrogen) atoms. The van der Waals surface area contributed by atoms with Crippen LogP contribution in [-0.4, -0.2) is 32.7 Å². The third-order valence-corrected chi connectivity index (χ3v) is 3.89. The topological polar surface area (TPSA) is 112 Å². The Morgan fingerprint density at radius 1 is 1.04 bits per heavy atom. The van der Waals surface area contributed by atoms with Crippen LogP contribution >= 0.6 is 0 Å². The van der Waals surface area contributed by atoms with Gasteiger partial charge in [-0.1, -0.05) is 12.1 Å². The lowest BCUT2D eigenvalue weighted by Crippen LogP contribution is -2.23. The van der Waals surface area contributed by atoms with Gasteiger partial charge in [0.05, 0.1) is 23.3 Å². The van der Waals surface area contributed by atoms with Crippen molar-refractivity contribution < 1.29 is 29.7 Å². The molecule has 0 aromatic heterocycles. The van der Waals surface area contributed by atoms with Crippen molar-refractivity contribution in [2.45, 2.75) is 13.5 Å². The fourth-order valence-corrected chi connectivity index (χ4v) is 2.89. The fraction of sp³-hybridized carbons (Fsp3) is 0.118. The van der Waals surface area contributed by atoms with E-state index in [1.807, 2.05) is 0 Å². The minimum Gasteiger partial charge on any atom is -0.507 e. The Kier molecular flexibility index (Phi) is 3.26. The molecule has 0 heterocycles. The maximum absolute atomic E-state index is 12.6. The van der Waals surface area contributed by atoms with Crippen LogP contribution in [0.15, 0.2) is 24.3 Å². The van der Waals surface area contributed by atoms with E-state index in [0.717, 1.165) is 0 Å². The second-order valence-electron chi connectivity index (χ2n) is 5.25. The van der Waals surface area contributed by atoms with Gasteiger partial charge in [-0.2, -0.15) is 0 Å². The van der Waals surface area contributed by atoms with Crippen LogP contribution in [0.3, 0.4) is 0 Å². The van der Waals surface area contributed by atoms with E-state index in [1.54, 1.807) is 0 Å². The highest BCUT2D eigenvalue weighted by atomic mass is 16.3. The minimum atomic E-state index is -0.739. The van der Waals surface area contributed by atoms with Crippen LogP contribution in [0.4, 0.5) is 0 Å². The molecule has 0 atom stereocenters. The van der Waals surface area contributed by atoms with Crippen molar-refractivity contribution in [3.8, 4) is 11.5 Å². The lowest BCUT2D eigenvalue weighted by Gasteiger charge is -2.21. The highest BCUT2D eigenvalue weighted by Crippen LogP contribution is 2.39. The Balaban J connectivity index is 2.41. The van der Waals surface area contributed by atoms with Crippen molar-refractivity contribution in [1.82, 2.24) is 0 Å². The summed E-state index contributed by atoms with van der Waals surface area (Å²) in [5.74, 6) is -2.87. The van der Waals surface area contributed by atoms with Gasteiger partial charge >= 0.3 is 0 Å². The first kappa shape index (κ1) is 14.9. The van der Waals surface area contributed by atoms with Crippen molar-refractivity contribution in [3.63, 3.8) is 0 Å². The maximum Gasteiger partial charge on any atom is 0.201 e. The second kappa shape index (κ2) is 5.03. The largest absolute Gasteiger partial charge is 0.507 e. The van der Waals surface area contributed by atoms with Crippen LogP contribution < -0.4 is 0 Å². The van der Waals surface area contributed by atoms with Crippen LogP contribution in [0, 0.1) is 0 Å². The smallest absolute Gasteiger partial charge is 0.201 e. The normalized spacial score (nSPS) is 12.8. The molecule has 1 aliphatic rings. The molecule has 3 N–H and O–H groups in total. The average Bonchev–Trinajstić information content (AvgIpc) is 2.50. The summed E-state index contributed by atoms with van der Waals surface area (Å²) in [5.41, 5.74) is -0.747. The van der Waals surface area contributed by atoms with Gasteiger partial charge in [-0.3, -0.25) is 14.4 Å². The molecule has 0 radical (unpaired) electrons. The first-order chi connectivity index (χ1) is 10.9. The number of carbonyl (C=O) groups excluding carboxylic acids is 3. The van der Waals surface area contributed by atoms with E-state index in [1.165, 1.54) is 31.2 Å². The number of aliphatic hydroxyl groups is 1. The van der Waals surface area contributed by atoms with Gasteiger partial charge in [0.25, 0.3) is 0 Å². The molecule has 2 aromatic rings.